The number of hydrogen-bond donors (Lipinski definition) is 2. The molecule has 1 aliphatic carbocycles. The highest BCUT2D eigenvalue weighted by Gasteiger charge is 2.26. The molecule has 0 heterocycles. The molecule has 0 radical (unpaired) electrons. The lowest BCUT2D eigenvalue weighted by Gasteiger charge is -2.37. The summed E-state index contributed by atoms with van der Waals surface area (Å²) in [5.74, 6) is 0.0371. The average Bonchev–Trinajstić information content (AvgIpc) is 2.45. The highest BCUT2D eigenvalue weighted by Crippen LogP contribution is 2.26. The molecule has 6 nitrogen and oxygen atoms in total. The summed E-state index contributed by atoms with van der Waals surface area (Å²) < 4.78 is 5.24. The molecule has 0 spiro atoms. The number of carbonyl (C=O) groups excluding carboxylic acids is 2. The van der Waals surface area contributed by atoms with Crippen molar-refractivity contribution in [3.05, 3.63) is 29.8 Å². The highest BCUT2D eigenvalue weighted by molar-refractivity contribution is 5.84. The number of carbonyl (C=O) groups is 2. The van der Waals surface area contributed by atoms with Crippen LogP contribution in [0.3, 0.4) is 0 Å². The summed E-state index contributed by atoms with van der Waals surface area (Å²) in [4.78, 5) is 25.7. The van der Waals surface area contributed by atoms with Gasteiger partial charge < -0.3 is 10.1 Å². The molecule has 138 valence electrons. The number of amides is 2. The maximum Gasteiger partial charge on any atom is 0.412 e. The van der Waals surface area contributed by atoms with Crippen molar-refractivity contribution >= 4 is 17.7 Å². The third-order valence-electron chi connectivity index (χ3n) is 4.20. The first kappa shape index (κ1) is 19.2. The van der Waals surface area contributed by atoms with Crippen LogP contribution in [0.25, 0.3) is 0 Å². The normalized spacial score (nSPS) is 14.8. The van der Waals surface area contributed by atoms with E-state index in [0.29, 0.717) is 18.3 Å². The lowest BCUT2D eigenvalue weighted by molar-refractivity contribution is -0.123. The van der Waals surface area contributed by atoms with Gasteiger partial charge in [-0.1, -0.05) is 18.6 Å². The molecule has 1 aromatic rings. The number of likely N-dealkylation sites (N-methyl/N-ethyl adjacent to an activating group) is 1. The van der Waals surface area contributed by atoms with Gasteiger partial charge in [-0.15, -0.1) is 0 Å². The van der Waals surface area contributed by atoms with E-state index in [2.05, 4.69) is 15.5 Å². The monoisotopic (exact) mass is 347 g/mol. The minimum Gasteiger partial charge on any atom is -0.444 e. The van der Waals surface area contributed by atoms with Crippen LogP contribution in [0.15, 0.2) is 24.3 Å². The van der Waals surface area contributed by atoms with Gasteiger partial charge in [0.25, 0.3) is 0 Å². The minimum absolute atomic E-state index is 0.0371. The van der Waals surface area contributed by atoms with Crippen LogP contribution in [0.2, 0.25) is 0 Å². The van der Waals surface area contributed by atoms with Crippen molar-refractivity contribution in [3.63, 3.8) is 0 Å². The van der Waals surface area contributed by atoms with Crippen LogP contribution >= 0.6 is 0 Å². The van der Waals surface area contributed by atoms with Crippen LogP contribution < -0.4 is 10.6 Å². The van der Waals surface area contributed by atoms with E-state index < -0.39 is 11.7 Å². The molecule has 0 aliphatic heterocycles. The van der Waals surface area contributed by atoms with Gasteiger partial charge in [0.05, 0.1) is 6.54 Å². The van der Waals surface area contributed by atoms with Crippen molar-refractivity contribution < 1.29 is 14.3 Å². The van der Waals surface area contributed by atoms with Gasteiger partial charge in [-0.05, 0) is 51.3 Å². The van der Waals surface area contributed by atoms with Gasteiger partial charge in [-0.3, -0.25) is 15.0 Å². The van der Waals surface area contributed by atoms with Crippen LogP contribution in [0, 0.1) is 0 Å². The zero-order valence-electron chi connectivity index (χ0n) is 15.6. The Labute approximate surface area is 149 Å². The molecule has 25 heavy (non-hydrogen) atoms. The topological polar surface area (TPSA) is 70.7 Å². The van der Waals surface area contributed by atoms with Crippen LogP contribution in [0.5, 0.6) is 0 Å². The molecule has 1 aliphatic rings. The van der Waals surface area contributed by atoms with Crippen LogP contribution in [0.1, 0.15) is 45.6 Å². The fourth-order valence-electron chi connectivity index (χ4n) is 2.68. The molecule has 2 N–H and O–H groups in total. The van der Waals surface area contributed by atoms with Gasteiger partial charge >= 0.3 is 6.09 Å². The summed E-state index contributed by atoms with van der Waals surface area (Å²) in [7, 11) is 1.67. The van der Waals surface area contributed by atoms with E-state index in [1.807, 2.05) is 45.0 Å². The predicted molar refractivity (Wildman–Crippen MR) is 98.4 cm³/mol. The van der Waals surface area contributed by atoms with E-state index in [1.54, 1.807) is 7.05 Å². The number of benzene rings is 1. The number of rotatable bonds is 6. The Bertz CT molecular complexity index is 589. The van der Waals surface area contributed by atoms with Gasteiger partial charge in [0.1, 0.15) is 5.60 Å². The molecule has 0 aromatic heterocycles. The van der Waals surface area contributed by atoms with Crippen LogP contribution in [-0.2, 0) is 16.1 Å². The van der Waals surface area contributed by atoms with E-state index in [4.69, 9.17) is 4.74 Å². The Morgan fingerprint density at radius 2 is 1.84 bits per heavy atom. The predicted octanol–water partition coefficient (Wildman–Crippen LogP) is 3.13. The Morgan fingerprint density at radius 3 is 2.32 bits per heavy atom. The summed E-state index contributed by atoms with van der Waals surface area (Å²) in [5, 5.41) is 5.42. The Balaban J connectivity index is 1.93. The van der Waals surface area contributed by atoms with Crippen molar-refractivity contribution in [3.8, 4) is 0 Å². The molecule has 6 heteroatoms. The molecule has 0 unspecified atom stereocenters. The number of ether oxygens (including phenoxy) is 1. The maximum absolute atomic E-state index is 11.8. The summed E-state index contributed by atoms with van der Waals surface area (Å²) in [6.07, 6.45) is 3.06. The van der Waals surface area contributed by atoms with Gasteiger partial charge in [-0.2, -0.15) is 0 Å². The lowest BCUT2D eigenvalue weighted by atomic mass is 9.91. The summed E-state index contributed by atoms with van der Waals surface area (Å²) in [6, 6.07) is 8.15. The highest BCUT2D eigenvalue weighted by atomic mass is 16.6. The second-order valence-corrected chi connectivity index (χ2v) is 7.49. The lowest BCUT2D eigenvalue weighted by Crippen LogP contribution is -2.44. The molecule has 0 bridgehead atoms. The smallest absolute Gasteiger partial charge is 0.412 e. The molecule has 2 amide bonds. The SMILES string of the molecule is CNC(=O)CN(Cc1ccc(NC(=O)OC(C)(C)C)cc1)C1CCC1. The molecule has 1 saturated carbocycles. The van der Waals surface area contributed by atoms with Crippen LogP contribution in [-0.4, -0.2) is 42.1 Å². The second kappa shape index (κ2) is 8.34. The summed E-state index contributed by atoms with van der Waals surface area (Å²) >= 11 is 0. The minimum atomic E-state index is -0.521. The fourth-order valence-corrected chi connectivity index (χ4v) is 2.68. The summed E-state index contributed by atoms with van der Waals surface area (Å²) in [6.45, 7) is 6.63. The molecule has 0 atom stereocenters. The van der Waals surface area contributed by atoms with E-state index in [0.717, 1.165) is 24.9 Å². The van der Waals surface area contributed by atoms with Gasteiger partial charge in [0.15, 0.2) is 0 Å². The van der Waals surface area contributed by atoms with E-state index in [-0.39, 0.29) is 5.91 Å². The van der Waals surface area contributed by atoms with Crippen molar-refractivity contribution in [1.82, 2.24) is 10.2 Å². The van der Waals surface area contributed by atoms with Crippen molar-refractivity contribution in [1.29, 1.82) is 0 Å². The van der Waals surface area contributed by atoms with Crippen molar-refractivity contribution in [2.75, 3.05) is 18.9 Å². The number of hydrogen-bond acceptors (Lipinski definition) is 4. The van der Waals surface area contributed by atoms with E-state index in [9.17, 15) is 9.59 Å². The Kier molecular flexibility index (Phi) is 6.42. The average molecular weight is 347 g/mol. The van der Waals surface area contributed by atoms with Gasteiger partial charge in [0.2, 0.25) is 5.91 Å². The largest absolute Gasteiger partial charge is 0.444 e. The first-order valence-corrected chi connectivity index (χ1v) is 8.80. The van der Waals surface area contributed by atoms with Crippen molar-refractivity contribution in [2.45, 2.75) is 58.2 Å². The van der Waals surface area contributed by atoms with Crippen LogP contribution in [0.4, 0.5) is 10.5 Å². The summed E-state index contributed by atoms with van der Waals surface area (Å²) in [5.41, 5.74) is 1.29. The zero-order chi connectivity index (χ0) is 18.4. The second-order valence-electron chi connectivity index (χ2n) is 7.49. The Morgan fingerprint density at radius 1 is 1.20 bits per heavy atom. The van der Waals surface area contributed by atoms with E-state index >= 15 is 0 Å². The molecule has 2 rings (SSSR count). The number of anilines is 1. The Hall–Kier alpha value is -2.08. The molecule has 0 saturated heterocycles. The third kappa shape index (κ3) is 6.38. The molecular formula is C19H29N3O3. The number of nitrogens with one attached hydrogen (secondary N) is 2. The first-order chi connectivity index (χ1) is 11.8. The fraction of sp³-hybridized carbons (Fsp3) is 0.579. The quantitative estimate of drug-likeness (QED) is 0.829. The molecular weight excluding hydrogens is 318 g/mol. The molecule has 1 fully saturated rings. The number of nitrogens with zero attached hydrogens (tertiary/aromatic N) is 1. The third-order valence-corrected chi connectivity index (χ3v) is 4.20. The first-order valence-electron chi connectivity index (χ1n) is 8.80. The standard InChI is InChI=1S/C19H29N3O3/c1-19(2,3)25-18(24)21-15-10-8-14(9-11-15)12-22(13-17(23)20-4)16-6-5-7-16/h8-11,16H,5-7,12-13H2,1-4H3,(H,20,23)(H,21,24). The maximum atomic E-state index is 11.8. The van der Waals surface area contributed by atoms with E-state index in [1.165, 1.54) is 6.42 Å². The van der Waals surface area contributed by atoms with Gasteiger partial charge in [-0.25, -0.2) is 4.79 Å². The van der Waals surface area contributed by atoms with Crippen molar-refractivity contribution in [2.24, 2.45) is 0 Å². The van der Waals surface area contributed by atoms with Gasteiger partial charge in [0, 0.05) is 25.3 Å². The molecule has 1 aromatic carbocycles. The zero-order valence-corrected chi connectivity index (χ0v) is 15.6.